The van der Waals surface area contributed by atoms with Crippen molar-refractivity contribution in [3.8, 4) is 22.9 Å². The summed E-state index contributed by atoms with van der Waals surface area (Å²) >= 11 is 7.11. The summed E-state index contributed by atoms with van der Waals surface area (Å²) in [5.74, 6) is 2.10. The highest BCUT2D eigenvalue weighted by Gasteiger charge is 2.15. The standard InChI is InChI=1S/C22H18Br2N2O2/c1-13-6-7-18-19(8-13)26-22(25-18)15-10-17(24)21(20(11-15)27-2)28-12-14-4-3-5-16(23)9-14/h3-11H,12H2,1-2H3,(H,25,26). The van der Waals surface area contributed by atoms with Gasteiger partial charge in [0, 0.05) is 10.0 Å². The molecule has 0 saturated heterocycles. The molecule has 1 N–H and O–H groups in total. The maximum absolute atomic E-state index is 6.04. The van der Waals surface area contributed by atoms with E-state index in [-0.39, 0.29) is 0 Å². The molecule has 0 fully saturated rings. The molecule has 4 aromatic rings. The van der Waals surface area contributed by atoms with Crippen molar-refractivity contribution in [3.05, 3.63) is 74.7 Å². The smallest absolute Gasteiger partial charge is 0.175 e. The van der Waals surface area contributed by atoms with Gasteiger partial charge in [0.15, 0.2) is 11.5 Å². The molecule has 1 heterocycles. The van der Waals surface area contributed by atoms with Crippen LogP contribution in [0.3, 0.4) is 0 Å². The lowest BCUT2D eigenvalue weighted by Gasteiger charge is -2.14. The van der Waals surface area contributed by atoms with E-state index >= 15 is 0 Å². The van der Waals surface area contributed by atoms with Gasteiger partial charge in [0.25, 0.3) is 0 Å². The van der Waals surface area contributed by atoms with Gasteiger partial charge >= 0.3 is 0 Å². The van der Waals surface area contributed by atoms with Crippen LogP contribution < -0.4 is 9.47 Å². The fourth-order valence-electron chi connectivity index (χ4n) is 3.04. The lowest BCUT2D eigenvalue weighted by molar-refractivity contribution is 0.282. The highest BCUT2D eigenvalue weighted by atomic mass is 79.9. The molecule has 28 heavy (non-hydrogen) atoms. The molecule has 0 aliphatic carbocycles. The maximum Gasteiger partial charge on any atom is 0.175 e. The monoisotopic (exact) mass is 500 g/mol. The fourth-order valence-corrected chi connectivity index (χ4v) is 4.04. The minimum atomic E-state index is 0.442. The quantitative estimate of drug-likeness (QED) is 0.333. The summed E-state index contributed by atoms with van der Waals surface area (Å²) in [4.78, 5) is 8.08. The molecule has 1 aromatic heterocycles. The van der Waals surface area contributed by atoms with E-state index in [9.17, 15) is 0 Å². The molecular weight excluding hydrogens is 484 g/mol. The number of methoxy groups -OCH3 is 1. The summed E-state index contributed by atoms with van der Waals surface area (Å²) in [5.41, 5.74) is 5.14. The third-order valence-corrected chi connectivity index (χ3v) is 5.49. The van der Waals surface area contributed by atoms with Crippen LogP contribution in [0.25, 0.3) is 22.4 Å². The molecule has 0 aliphatic heterocycles. The van der Waals surface area contributed by atoms with Crippen LogP contribution in [0.1, 0.15) is 11.1 Å². The number of rotatable bonds is 5. The number of H-pyrrole nitrogens is 1. The van der Waals surface area contributed by atoms with Crippen LogP contribution in [0.2, 0.25) is 0 Å². The minimum absolute atomic E-state index is 0.442. The van der Waals surface area contributed by atoms with Gasteiger partial charge in [-0.2, -0.15) is 0 Å². The summed E-state index contributed by atoms with van der Waals surface area (Å²) in [6.45, 7) is 2.51. The normalized spacial score (nSPS) is 11.0. The SMILES string of the molecule is COc1cc(-c2nc3ccc(C)cc3[nH]2)cc(Br)c1OCc1cccc(Br)c1. The molecule has 0 atom stereocenters. The van der Waals surface area contributed by atoms with Gasteiger partial charge in [-0.3, -0.25) is 0 Å². The first-order chi connectivity index (χ1) is 13.5. The molecule has 3 aromatic carbocycles. The Kier molecular flexibility index (Phi) is 5.42. The van der Waals surface area contributed by atoms with Crippen molar-refractivity contribution >= 4 is 42.9 Å². The van der Waals surface area contributed by atoms with E-state index < -0.39 is 0 Å². The number of hydrogen-bond donors (Lipinski definition) is 1. The Labute approximate surface area is 180 Å². The Balaban J connectivity index is 1.66. The second kappa shape index (κ2) is 7.97. The topological polar surface area (TPSA) is 47.1 Å². The van der Waals surface area contributed by atoms with Crippen LogP contribution in [0.15, 0.2) is 63.5 Å². The molecule has 0 bridgehead atoms. The van der Waals surface area contributed by atoms with Gasteiger partial charge in [0.1, 0.15) is 12.4 Å². The number of aryl methyl sites for hydroxylation is 1. The van der Waals surface area contributed by atoms with Gasteiger partial charge in [-0.15, -0.1) is 0 Å². The Hall–Kier alpha value is -2.31. The van der Waals surface area contributed by atoms with Gasteiger partial charge < -0.3 is 14.5 Å². The van der Waals surface area contributed by atoms with Crippen molar-refractivity contribution < 1.29 is 9.47 Å². The zero-order valence-corrected chi connectivity index (χ0v) is 18.6. The number of fused-ring (bicyclic) bond motifs is 1. The average molecular weight is 502 g/mol. The van der Waals surface area contributed by atoms with Crippen molar-refractivity contribution in [3.63, 3.8) is 0 Å². The number of hydrogen-bond acceptors (Lipinski definition) is 3. The van der Waals surface area contributed by atoms with Gasteiger partial charge in [-0.1, -0.05) is 34.1 Å². The van der Waals surface area contributed by atoms with E-state index in [1.165, 1.54) is 5.56 Å². The molecule has 4 rings (SSSR count). The Bertz CT molecular complexity index is 1150. The number of imidazole rings is 1. The first-order valence-corrected chi connectivity index (χ1v) is 10.3. The third-order valence-electron chi connectivity index (χ3n) is 4.41. The van der Waals surface area contributed by atoms with E-state index in [0.717, 1.165) is 36.9 Å². The van der Waals surface area contributed by atoms with Crippen LogP contribution in [0.4, 0.5) is 0 Å². The van der Waals surface area contributed by atoms with Crippen LogP contribution in [0.5, 0.6) is 11.5 Å². The first-order valence-electron chi connectivity index (χ1n) is 8.75. The number of aromatic amines is 1. The summed E-state index contributed by atoms with van der Waals surface area (Å²) in [7, 11) is 1.64. The zero-order valence-electron chi connectivity index (χ0n) is 15.4. The molecule has 142 valence electrons. The molecule has 0 amide bonds. The molecule has 6 heteroatoms. The molecular formula is C22H18Br2N2O2. The second-order valence-electron chi connectivity index (χ2n) is 6.51. The number of halogens is 2. The number of nitrogens with one attached hydrogen (secondary N) is 1. The second-order valence-corrected chi connectivity index (χ2v) is 8.28. The van der Waals surface area contributed by atoms with Crippen molar-refractivity contribution in [2.24, 2.45) is 0 Å². The largest absolute Gasteiger partial charge is 0.493 e. The summed E-state index contributed by atoms with van der Waals surface area (Å²) in [5, 5.41) is 0. The third kappa shape index (κ3) is 3.93. The predicted molar refractivity (Wildman–Crippen MR) is 119 cm³/mol. The van der Waals surface area contributed by atoms with E-state index in [2.05, 4.69) is 55.9 Å². The lowest BCUT2D eigenvalue weighted by Crippen LogP contribution is -1.99. The number of benzene rings is 3. The van der Waals surface area contributed by atoms with E-state index in [1.54, 1.807) is 7.11 Å². The molecule has 0 aliphatic rings. The highest BCUT2D eigenvalue weighted by Crippen LogP contribution is 2.40. The van der Waals surface area contributed by atoms with Gasteiger partial charge in [0.05, 0.1) is 22.6 Å². The summed E-state index contributed by atoms with van der Waals surface area (Å²) in [6.07, 6.45) is 0. The van der Waals surface area contributed by atoms with Gasteiger partial charge in [0.2, 0.25) is 0 Å². The van der Waals surface area contributed by atoms with Gasteiger partial charge in [-0.25, -0.2) is 4.98 Å². The van der Waals surface area contributed by atoms with Crippen molar-refractivity contribution in [1.82, 2.24) is 9.97 Å². The molecule has 0 radical (unpaired) electrons. The van der Waals surface area contributed by atoms with Crippen molar-refractivity contribution in [2.75, 3.05) is 7.11 Å². The average Bonchev–Trinajstić information content (AvgIpc) is 3.09. The van der Waals surface area contributed by atoms with Gasteiger partial charge in [-0.05, 0) is 70.4 Å². The number of nitrogens with zero attached hydrogens (tertiary/aromatic N) is 1. The molecule has 0 unspecified atom stereocenters. The van der Waals surface area contributed by atoms with Crippen LogP contribution in [-0.4, -0.2) is 17.1 Å². The molecule has 0 spiro atoms. The Morgan fingerprint density at radius 2 is 1.89 bits per heavy atom. The van der Waals surface area contributed by atoms with Crippen LogP contribution >= 0.6 is 31.9 Å². The number of ether oxygens (including phenoxy) is 2. The Morgan fingerprint density at radius 3 is 2.68 bits per heavy atom. The van der Waals surface area contributed by atoms with Crippen LogP contribution in [-0.2, 0) is 6.61 Å². The highest BCUT2D eigenvalue weighted by molar-refractivity contribution is 9.10. The minimum Gasteiger partial charge on any atom is -0.493 e. The maximum atomic E-state index is 6.04. The Morgan fingerprint density at radius 1 is 1.04 bits per heavy atom. The van der Waals surface area contributed by atoms with E-state index in [0.29, 0.717) is 18.1 Å². The lowest BCUT2D eigenvalue weighted by atomic mass is 10.2. The first kappa shape index (κ1) is 19.0. The molecule has 4 nitrogen and oxygen atoms in total. The number of aromatic nitrogens is 2. The van der Waals surface area contributed by atoms with E-state index in [4.69, 9.17) is 14.5 Å². The van der Waals surface area contributed by atoms with Crippen LogP contribution in [0, 0.1) is 6.92 Å². The molecule has 0 saturated carbocycles. The summed E-state index contributed by atoms with van der Waals surface area (Å²) < 4.78 is 13.5. The predicted octanol–water partition coefficient (Wildman–Crippen LogP) is 6.65. The van der Waals surface area contributed by atoms with Crippen molar-refractivity contribution in [1.29, 1.82) is 0 Å². The summed E-state index contributed by atoms with van der Waals surface area (Å²) in [6, 6.07) is 18.1. The van der Waals surface area contributed by atoms with E-state index in [1.807, 2.05) is 42.5 Å². The zero-order chi connectivity index (χ0) is 19.7. The fraction of sp³-hybridized carbons (Fsp3) is 0.136. The van der Waals surface area contributed by atoms with Crippen molar-refractivity contribution in [2.45, 2.75) is 13.5 Å².